The molecule has 0 aromatic heterocycles. The topological polar surface area (TPSA) is 46.6 Å². The van der Waals surface area contributed by atoms with Crippen LogP contribution in [-0.2, 0) is 9.53 Å². The van der Waals surface area contributed by atoms with Gasteiger partial charge in [-0.15, -0.1) is 13.2 Å². The van der Waals surface area contributed by atoms with Gasteiger partial charge in [0, 0.05) is 0 Å². The fourth-order valence-corrected chi connectivity index (χ4v) is 2.31. The van der Waals surface area contributed by atoms with Gasteiger partial charge >= 0.3 is 6.09 Å². The highest BCUT2D eigenvalue weighted by Gasteiger charge is 2.49. The lowest BCUT2D eigenvalue weighted by atomic mass is 9.83. The summed E-state index contributed by atoms with van der Waals surface area (Å²) in [7, 11) is 0. The zero-order valence-electron chi connectivity index (χ0n) is 12.7. The van der Waals surface area contributed by atoms with Gasteiger partial charge in [-0.1, -0.05) is 18.6 Å². The minimum atomic E-state index is -0.599. The Morgan fingerprint density at radius 2 is 2.00 bits per heavy atom. The molecule has 112 valence electrons. The predicted octanol–water partition coefficient (Wildman–Crippen LogP) is 3.68. The third-order valence-electron chi connectivity index (χ3n) is 3.27. The molecule has 2 amide bonds. The minimum Gasteiger partial charge on any atom is -0.443 e. The molecule has 1 rings (SSSR count). The SMILES string of the molecule is C=CCCCC[C@H]1C(=O)N(C(=O)OC(C)(C)C)[C@H]1C=C. The molecule has 1 heterocycles. The van der Waals surface area contributed by atoms with E-state index in [4.69, 9.17) is 4.74 Å². The van der Waals surface area contributed by atoms with E-state index in [-0.39, 0.29) is 17.9 Å². The Labute approximate surface area is 121 Å². The van der Waals surface area contributed by atoms with E-state index in [9.17, 15) is 9.59 Å². The normalized spacial score (nSPS) is 22.1. The fourth-order valence-electron chi connectivity index (χ4n) is 2.31. The number of imide groups is 1. The first-order chi connectivity index (χ1) is 9.31. The van der Waals surface area contributed by atoms with E-state index in [1.807, 2.05) is 6.08 Å². The van der Waals surface area contributed by atoms with Crippen molar-refractivity contribution in [2.24, 2.45) is 5.92 Å². The van der Waals surface area contributed by atoms with E-state index >= 15 is 0 Å². The van der Waals surface area contributed by atoms with Gasteiger partial charge in [0.15, 0.2) is 0 Å². The van der Waals surface area contributed by atoms with E-state index in [0.29, 0.717) is 0 Å². The van der Waals surface area contributed by atoms with Crippen molar-refractivity contribution in [3.05, 3.63) is 25.3 Å². The molecular formula is C16H25NO3. The number of rotatable bonds is 6. The van der Waals surface area contributed by atoms with Crippen LogP contribution in [0.3, 0.4) is 0 Å². The van der Waals surface area contributed by atoms with Gasteiger partial charge in [-0.2, -0.15) is 0 Å². The lowest BCUT2D eigenvalue weighted by molar-refractivity contribution is -0.151. The van der Waals surface area contributed by atoms with Gasteiger partial charge in [0.2, 0.25) is 5.91 Å². The average Bonchev–Trinajstić information content (AvgIpc) is 2.32. The smallest absolute Gasteiger partial charge is 0.417 e. The largest absolute Gasteiger partial charge is 0.443 e. The van der Waals surface area contributed by atoms with Crippen LogP contribution in [0.15, 0.2) is 25.3 Å². The molecule has 0 radical (unpaired) electrons. The Kier molecular flexibility index (Phi) is 5.54. The van der Waals surface area contributed by atoms with Crippen LogP contribution in [0.4, 0.5) is 4.79 Å². The average molecular weight is 279 g/mol. The molecule has 0 unspecified atom stereocenters. The Balaban J connectivity index is 2.55. The summed E-state index contributed by atoms with van der Waals surface area (Å²) < 4.78 is 5.24. The van der Waals surface area contributed by atoms with Crippen molar-refractivity contribution >= 4 is 12.0 Å². The predicted molar refractivity (Wildman–Crippen MR) is 79.2 cm³/mol. The molecule has 0 N–H and O–H groups in total. The van der Waals surface area contributed by atoms with Crippen molar-refractivity contribution < 1.29 is 14.3 Å². The van der Waals surface area contributed by atoms with Gasteiger partial charge in [0.25, 0.3) is 0 Å². The Bertz CT molecular complexity index is 395. The number of amides is 2. The minimum absolute atomic E-state index is 0.134. The summed E-state index contributed by atoms with van der Waals surface area (Å²) in [5.74, 6) is -0.285. The zero-order valence-corrected chi connectivity index (χ0v) is 12.7. The summed E-state index contributed by atoms with van der Waals surface area (Å²) in [4.78, 5) is 25.2. The van der Waals surface area contributed by atoms with E-state index in [1.165, 1.54) is 4.90 Å². The molecule has 4 heteroatoms. The Hall–Kier alpha value is -1.58. The van der Waals surface area contributed by atoms with Gasteiger partial charge in [0.1, 0.15) is 5.60 Å². The number of hydrogen-bond acceptors (Lipinski definition) is 3. The lowest BCUT2D eigenvalue weighted by Crippen LogP contribution is -2.62. The first kappa shape index (κ1) is 16.5. The molecule has 1 aliphatic heterocycles. The molecule has 1 saturated heterocycles. The van der Waals surface area contributed by atoms with Crippen LogP contribution in [0.25, 0.3) is 0 Å². The first-order valence-electron chi connectivity index (χ1n) is 7.11. The molecule has 0 saturated carbocycles. The second-order valence-electron chi connectivity index (χ2n) is 6.09. The molecule has 0 aromatic carbocycles. The number of ether oxygens (including phenoxy) is 1. The number of carbonyl (C=O) groups excluding carboxylic acids is 2. The molecule has 0 aliphatic carbocycles. The summed E-state index contributed by atoms with van der Waals surface area (Å²) in [5, 5.41) is 0. The number of unbranched alkanes of at least 4 members (excludes halogenated alkanes) is 2. The maximum atomic E-state index is 12.1. The number of nitrogens with zero attached hydrogens (tertiary/aromatic N) is 1. The van der Waals surface area contributed by atoms with Crippen molar-refractivity contribution in [1.29, 1.82) is 0 Å². The number of hydrogen-bond donors (Lipinski definition) is 0. The standard InChI is InChI=1S/C16H25NO3/c1-6-8-9-10-11-12-13(7-2)17(14(12)18)15(19)20-16(3,4)5/h6-7,12-13H,1-2,8-11H2,3-5H3/t12-,13+/m1/s1. The van der Waals surface area contributed by atoms with Gasteiger partial charge in [0.05, 0.1) is 12.0 Å². The number of carbonyl (C=O) groups is 2. The van der Waals surface area contributed by atoms with Crippen molar-refractivity contribution in [1.82, 2.24) is 4.90 Å². The van der Waals surface area contributed by atoms with Crippen molar-refractivity contribution in [3.63, 3.8) is 0 Å². The maximum absolute atomic E-state index is 12.1. The van der Waals surface area contributed by atoms with Crippen LogP contribution < -0.4 is 0 Å². The summed E-state index contributed by atoms with van der Waals surface area (Å²) >= 11 is 0. The van der Waals surface area contributed by atoms with Crippen molar-refractivity contribution in [3.8, 4) is 0 Å². The molecule has 4 nitrogen and oxygen atoms in total. The van der Waals surface area contributed by atoms with E-state index in [2.05, 4.69) is 13.2 Å². The van der Waals surface area contributed by atoms with Crippen molar-refractivity contribution in [2.45, 2.75) is 58.1 Å². The fraction of sp³-hybridized carbons (Fsp3) is 0.625. The van der Waals surface area contributed by atoms with Gasteiger partial charge < -0.3 is 4.74 Å². The number of allylic oxidation sites excluding steroid dienone is 1. The van der Waals surface area contributed by atoms with Crippen molar-refractivity contribution in [2.75, 3.05) is 0 Å². The first-order valence-corrected chi connectivity index (χ1v) is 7.11. The second kappa shape index (κ2) is 6.73. The third-order valence-corrected chi connectivity index (χ3v) is 3.27. The highest BCUT2D eigenvalue weighted by molar-refractivity contribution is 6.00. The van der Waals surface area contributed by atoms with E-state index in [1.54, 1.807) is 26.8 Å². The molecular weight excluding hydrogens is 254 g/mol. The molecule has 1 fully saturated rings. The second-order valence-corrected chi connectivity index (χ2v) is 6.09. The Morgan fingerprint density at radius 3 is 2.50 bits per heavy atom. The summed E-state index contributed by atoms with van der Waals surface area (Å²) in [6, 6.07) is -0.235. The zero-order chi connectivity index (χ0) is 15.3. The van der Waals surface area contributed by atoms with Crippen LogP contribution in [-0.4, -0.2) is 28.5 Å². The summed E-state index contributed by atoms with van der Waals surface area (Å²) in [6.45, 7) is 12.7. The Morgan fingerprint density at radius 1 is 1.35 bits per heavy atom. The van der Waals surface area contributed by atoms with E-state index in [0.717, 1.165) is 25.7 Å². The molecule has 0 aromatic rings. The molecule has 1 aliphatic rings. The molecule has 2 atom stereocenters. The number of likely N-dealkylation sites (tertiary alicyclic amines) is 1. The van der Waals surface area contributed by atoms with Gasteiger partial charge in [-0.3, -0.25) is 4.79 Å². The molecule has 20 heavy (non-hydrogen) atoms. The van der Waals surface area contributed by atoms with Crippen LogP contribution in [0.2, 0.25) is 0 Å². The lowest BCUT2D eigenvalue weighted by Gasteiger charge is -2.44. The highest BCUT2D eigenvalue weighted by Crippen LogP contribution is 2.33. The van der Waals surface area contributed by atoms with Gasteiger partial charge in [-0.25, -0.2) is 9.69 Å². The summed E-state index contributed by atoms with van der Waals surface area (Å²) in [5.41, 5.74) is -0.599. The van der Waals surface area contributed by atoms with Crippen LogP contribution >= 0.6 is 0 Å². The molecule has 0 spiro atoms. The maximum Gasteiger partial charge on any atom is 0.417 e. The summed E-state index contributed by atoms with van der Waals surface area (Å²) in [6.07, 6.45) is 6.66. The highest BCUT2D eigenvalue weighted by atomic mass is 16.6. The quantitative estimate of drug-likeness (QED) is 0.423. The number of β-lactam (4-membered cyclic amide) rings is 1. The third kappa shape index (κ3) is 3.95. The van der Waals surface area contributed by atoms with Crippen LogP contribution in [0.5, 0.6) is 0 Å². The monoisotopic (exact) mass is 279 g/mol. The van der Waals surface area contributed by atoms with Crippen LogP contribution in [0, 0.1) is 5.92 Å². The molecule has 0 bridgehead atoms. The van der Waals surface area contributed by atoms with Crippen LogP contribution in [0.1, 0.15) is 46.5 Å². The van der Waals surface area contributed by atoms with E-state index < -0.39 is 11.7 Å². The van der Waals surface area contributed by atoms with Gasteiger partial charge in [-0.05, 0) is 40.0 Å².